The molecule has 0 spiro atoms. The molecule has 0 aromatic carbocycles. The van der Waals surface area contributed by atoms with Crippen LogP contribution in [0.25, 0.3) is 0 Å². The quantitative estimate of drug-likeness (QED) is 0.733. The number of nitriles is 1. The molecule has 1 fully saturated rings. The SMILES string of the molecule is N#CCCN(CCN1CCOCC1)C(=O)c1nonc1N. The van der Waals surface area contributed by atoms with E-state index in [1.54, 1.807) is 4.90 Å². The number of rotatable bonds is 6. The predicted molar refractivity (Wildman–Crippen MR) is 72.1 cm³/mol. The molecule has 1 aliphatic rings. The molecule has 0 unspecified atom stereocenters. The van der Waals surface area contributed by atoms with E-state index >= 15 is 0 Å². The van der Waals surface area contributed by atoms with Crippen LogP contribution in [0.5, 0.6) is 0 Å². The van der Waals surface area contributed by atoms with Crippen molar-refractivity contribution in [3.8, 4) is 6.07 Å². The number of carbonyl (C=O) groups is 1. The van der Waals surface area contributed by atoms with Gasteiger partial charge in [-0.3, -0.25) is 9.69 Å². The van der Waals surface area contributed by atoms with Crippen molar-refractivity contribution in [1.82, 2.24) is 20.1 Å². The van der Waals surface area contributed by atoms with Gasteiger partial charge in [0.05, 0.1) is 25.7 Å². The largest absolute Gasteiger partial charge is 0.379 e. The monoisotopic (exact) mass is 294 g/mol. The van der Waals surface area contributed by atoms with Gasteiger partial charge in [0, 0.05) is 32.7 Å². The first-order chi connectivity index (χ1) is 10.2. The van der Waals surface area contributed by atoms with E-state index in [0.29, 0.717) is 32.8 Å². The number of hydrogen-bond acceptors (Lipinski definition) is 8. The zero-order valence-corrected chi connectivity index (χ0v) is 11.7. The topological polar surface area (TPSA) is 122 Å². The van der Waals surface area contributed by atoms with Crippen molar-refractivity contribution in [3.63, 3.8) is 0 Å². The summed E-state index contributed by atoms with van der Waals surface area (Å²) in [7, 11) is 0. The highest BCUT2D eigenvalue weighted by molar-refractivity contribution is 5.96. The normalized spacial score (nSPS) is 15.6. The van der Waals surface area contributed by atoms with Gasteiger partial charge in [0.1, 0.15) is 0 Å². The molecule has 1 aromatic rings. The summed E-state index contributed by atoms with van der Waals surface area (Å²) < 4.78 is 9.73. The highest BCUT2D eigenvalue weighted by Gasteiger charge is 2.23. The summed E-state index contributed by atoms with van der Waals surface area (Å²) in [6, 6.07) is 2.03. The fourth-order valence-corrected chi connectivity index (χ4v) is 2.08. The fraction of sp³-hybridized carbons (Fsp3) is 0.667. The minimum absolute atomic E-state index is 0.00471. The van der Waals surface area contributed by atoms with Crippen LogP contribution in [0.15, 0.2) is 4.63 Å². The number of nitrogen functional groups attached to an aromatic ring is 1. The van der Waals surface area contributed by atoms with Crippen molar-refractivity contribution in [1.29, 1.82) is 5.26 Å². The van der Waals surface area contributed by atoms with E-state index in [1.807, 2.05) is 6.07 Å². The van der Waals surface area contributed by atoms with Crippen LogP contribution in [0.4, 0.5) is 5.82 Å². The molecule has 2 heterocycles. The zero-order valence-electron chi connectivity index (χ0n) is 11.7. The summed E-state index contributed by atoms with van der Waals surface area (Å²) in [5.41, 5.74) is 5.54. The number of nitrogens with zero attached hydrogens (tertiary/aromatic N) is 5. The number of amides is 1. The van der Waals surface area contributed by atoms with Crippen molar-refractivity contribution in [2.75, 3.05) is 51.7 Å². The molecule has 114 valence electrons. The number of aromatic nitrogens is 2. The molecule has 1 amide bonds. The summed E-state index contributed by atoms with van der Waals surface area (Å²) >= 11 is 0. The van der Waals surface area contributed by atoms with Gasteiger partial charge in [-0.15, -0.1) is 0 Å². The first-order valence-electron chi connectivity index (χ1n) is 6.76. The fourth-order valence-electron chi connectivity index (χ4n) is 2.08. The number of ether oxygens (including phenoxy) is 1. The van der Waals surface area contributed by atoms with Gasteiger partial charge < -0.3 is 15.4 Å². The molecule has 21 heavy (non-hydrogen) atoms. The maximum absolute atomic E-state index is 12.3. The molecule has 0 atom stereocenters. The molecule has 0 saturated carbocycles. The standard InChI is InChI=1S/C12H18N6O3/c13-2-1-3-18(5-4-17-6-8-20-9-7-17)12(19)10-11(14)16-21-15-10/h1,3-9H2,(H2,14,16). The lowest BCUT2D eigenvalue weighted by Crippen LogP contribution is -2.43. The summed E-state index contributed by atoms with van der Waals surface area (Å²) in [6.07, 6.45) is 0.250. The molecule has 2 N–H and O–H groups in total. The van der Waals surface area contributed by atoms with Crippen LogP contribution in [-0.4, -0.2) is 72.0 Å². The minimum atomic E-state index is -0.364. The second-order valence-electron chi connectivity index (χ2n) is 4.65. The second-order valence-corrected chi connectivity index (χ2v) is 4.65. The Morgan fingerprint density at radius 3 is 2.76 bits per heavy atom. The minimum Gasteiger partial charge on any atom is -0.379 e. The number of carbonyl (C=O) groups excluding carboxylic acids is 1. The van der Waals surface area contributed by atoms with Crippen LogP contribution >= 0.6 is 0 Å². The number of hydrogen-bond donors (Lipinski definition) is 1. The third-order valence-electron chi connectivity index (χ3n) is 3.29. The first-order valence-corrected chi connectivity index (χ1v) is 6.76. The van der Waals surface area contributed by atoms with Crippen molar-refractivity contribution in [2.45, 2.75) is 6.42 Å². The van der Waals surface area contributed by atoms with Gasteiger partial charge in [-0.1, -0.05) is 0 Å². The van der Waals surface area contributed by atoms with Gasteiger partial charge >= 0.3 is 0 Å². The Hall–Kier alpha value is -2.18. The van der Waals surface area contributed by atoms with Crippen LogP contribution in [0, 0.1) is 11.3 Å². The number of anilines is 1. The average molecular weight is 294 g/mol. The molecule has 9 nitrogen and oxygen atoms in total. The summed E-state index contributed by atoms with van der Waals surface area (Å²) in [6.45, 7) is 4.62. The van der Waals surface area contributed by atoms with E-state index in [1.165, 1.54) is 0 Å². The Labute approximate surface area is 122 Å². The highest BCUT2D eigenvalue weighted by Crippen LogP contribution is 2.09. The van der Waals surface area contributed by atoms with Crippen LogP contribution in [0.3, 0.4) is 0 Å². The molecule has 1 aromatic heterocycles. The van der Waals surface area contributed by atoms with Gasteiger partial charge in [0.25, 0.3) is 5.91 Å². The maximum atomic E-state index is 12.3. The van der Waals surface area contributed by atoms with Gasteiger partial charge in [0.15, 0.2) is 0 Å². The lowest BCUT2D eigenvalue weighted by Gasteiger charge is -2.29. The predicted octanol–water partition coefficient (Wildman–Crippen LogP) is -0.660. The zero-order chi connectivity index (χ0) is 15.1. The van der Waals surface area contributed by atoms with E-state index < -0.39 is 0 Å². The van der Waals surface area contributed by atoms with Crippen LogP contribution < -0.4 is 5.73 Å². The summed E-state index contributed by atoms with van der Waals surface area (Å²) in [5, 5.41) is 15.6. The molecule has 2 rings (SSSR count). The Morgan fingerprint density at radius 1 is 1.38 bits per heavy atom. The average Bonchev–Trinajstić information content (AvgIpc) is 2.94. The van der Waals surface area contributed by atoms with Crippen molar-refractivity contribution < 1.29 is 14.2 Å². The maximum Gasteiger partial charge on any atom is 0.280 e. The van der Waals surface area contributed by atoms with E-state index in [-0.39, 0.29) is 23.8 Å². The summed E-state index contributed by atoms with van der Waals surface area (Å²) in [5.74, 6) is -0.398. The number of nitrogens with two attached hydrogens (primary N) is 1. The van der Waals surface area contributed by atoms with Gasteiger partial charge in [0.2, 0.25) is 11.5 Å². The lowest BCUT2D eigenvalue weighted by atomic mass is 10.3. The van der Waals surface area contributed by atoms with E-state index in [2.05, 4.69) is 19.8 Å². The Morgan fingerprint density at radius 2 is 2.14 bits per heavy atom. The third-order valence-corrected chi connectivity index (χ3v) is 3.29. The number of morpholine rings is 1. The van der Waals surface area contributed by atoms with Crippen molar-refractivity contribution >= 4 is 11.7 Å². The van der Waals surface area contributed by atoms with Crippen molar-refractivity contribution in [2.24, 2.45) is 0 Å². The molecule has 1 saturated heterocycles. The molecule has 0 bridgehead atoms. The van der Waals surface area contributed by atoms with Crippen LogP contribution in [0.2, 0.25) is 0 Å². The van der Waals surface area contributed by atoms with E-state index in [9.17, 15) is 4.79 Å². The van der Waals surface area contributed by atoms with Gasteiger partial charge in [-0.2, -0.15) is 5.26 Å². The molecule has 0 radical (unpaired) electrons. The van der Waals surface area contributed by atoms with Gasteiger partial charge in [-0.05, 0) is 10.3 Å². The molecular weight excluding hydrogens is 276 g/mol. The smallest absolute Gasteiger partial charge is 0.280 e. The summed E-state index contributed by atoms with van der Waals surface area (Å²) in [4.78, 5) is 16.1. The molecule has 0 aliphatic carbocycles. The highest BCUT2D eigenvalue weighted by atomic mass is 16.6. The third kappa shape index (κ3) is 4.14. The van der Waals surface area contributed by atoms with Gasteiger partial charge in [-0.25, -0.2) is 4.63 Å². The molecular formula is C12H18N6O3. The Kier molecular flexibility index (Phi) is 5.48. The Balaban J connectivity index is 1.95. The van der Waals surface area contributed by atoms with Crippen LogP contribution in [0.1, 0.15) is 16.9 Å². The van der Waals surface area contributed by atoms with E-state index in [0.717, 1.165) is 13.1 Å². The van der Waals surface area contributed by atoms with E-state index in [4.69, 9.17) is 15.7 Å². The lowest BCUT2D eigenvalue weighted by molar-refractivity contribution is 0.0325. The molecule has 9 heteroatoms. The Bertz CT molecular complexity index is 505. The van der Waals surface area contributed by atoms with Crippen LogP contribution in [-0.2, 0) is 4.74 Å². The second kappa shape index (κ2) is 7.56. The van der Waals surface area contributed by atoms with Crippen molar-refractivity contribution in [3.05, 3.63) is 5.69 Å². The first kappa shape index (κ1) is 15.2. The molecule has 1 aliphatic heterocycles.